The number of hydrogen-bond donors (Lipinski definition) is 0. The van der Waals surface area contributed by atoms with Crippen molar-refractivity contribution in [2.45, 2.75) is 39.0 Å². The van der Waals surface area contributed by atoms with Crippen molar-refractivity contribution >= 4 is 0 Å². The fourth-order valence-corrected chi connectivity index (χ4v) is 3.19. The van der Waals surface area contributed by atoms with Crippen LogP contribution in [0.15, 0.2) is 40.8 Å². The molecule has 2 aromatic rings. The van der Waals surface area contributed by atoms with Gasteiger partial charge in [-0.2, -0.15) is 0 Å². The second-order valence-electron chi connectivity index (χ2n) is 6.42. The number of benzene rings is 1. The monoisotopic (exact) mass is 339 g/mol. The second-order valence-corrected chi connectivity index (χ2v) is 6.42. The van der Waals surface area contributed by atoms with Crippen molar-refractivity contribution in [3.05, 3.63) is 53.5 Å². The molecule has 1 saturated heterocycles. The molecule has 1 unspecified atom stereocenters. The third-order valence-corrected chi connectivity index (χ3v) is 4.34. The third kappa shape index (κ3) is 5.12. The topological polar surface area (TPSA) is 34.8 Å². The van der Waals surface area contributed by atoms with Gasteiger partial charge in [-0.25, -0.2) is 0 Å². The van der Waals surface area contributed by atoms with Crippen LogP contribution in [0.3, 0.4) is 0 Å². The Kier molecular flexibility index (Phi) is 6.16. The molecule has 1 aromatic carbocycles. The molecule has 132 valence electrons. The summed E-state index contributed by atoms with van der Waals surface area (Å²) in [5.41, 5.74) is 1.12. The third-order valence-electron chi connectivity index (χ3n) is 4.34. The number of terminal acetylenes is 1. The van der Waals surface area contributed by atoms with Gasteiger partial charge >= 0.3 is 0 Å². The molecule has 0 N–H and O–H groups in total. The van der Waals surface area contributed by atoms with Gasteiger partial charge in [-0.1, -0.05) is 24.1 Å². The van der Waals surface area contributed by atoms with Crippen LogP contribution >= 0.6 is 0 Å². The molecule has 0 spiro atoms. The maximum Gasteiger partial charge on any atom is 0.148 e. The molecular weight excluding hydrogens is 314 g/mol. The van der Waals surface area contributed by atoms with Crippen LogP contribution < -0.4 is 4.74 Å². The highest BCUT2D eigenvalue weighted by molar-refractivity contribution is 5.33. The number of para-hydroxylation sites is 1. The summed E-state index contributed by atoms with van der Waals surface area (Å²) in [6.45, 7) is 5.50. The molecule has 25 heavy (non-hydrogen) atoms. The van der Waals surface area contributed by atoms with E-state index in [9.17, 15) is 0 Å². The molecule has 1 aliphatic heterocycles. The van der Waals surface area contributed by atoms with Gasteiger partial charge in [0.2, 0.25) is 0 Å². The summed E-state index contributed by atoms with van der Waals surface area (Å²) in [5.74, 6) is 5.27. The van der Waals surface area contributed by atoms with Crippen LogP contribution in [-0.2, 0) is 17.8 Å². The van der Waals surface area contributed by atoms with Gasteiger partial charge < -0.3 is 13.9 Å². The Labute approximate surface area is 149 Å². The summed E-state index contributed by atoms with van der Waals surface area (Å²) >= 11 is 0. The SMILES string of the molecule is C#CCOc1ccccc1CN(Cc1ccc(C)o1)CC1CCCO1. The average molecular weight is 339 g/mol. The van der Waals surface area contributed by atoms with Gasteiger partial charge in [0.1, 0.15) is 23.9 Å². The highest BCUT2D eigenvalue weighted by Crippen LogP contribution is 2.23. The number of aryl methyl sites for hydroxylation is 1. The van der Waals surface area contributed by atoms with Crippen molar-refractivity contribution in [3.8, 4) is 18.1 Å². The van der Waals surface area contributed by atoms with Gasteiger partial charge in [0.25, 0.3) is 0 Å². The number of hydrogen-bond acceptors (Lipinski definition) is 4. The molecule has 3 rings (SSSR count). The molecule has 1 aliphatic rings. The van der Waals surface area contributed by atoms with Crippen molar-refractivity contribution < 1.29 is 13.9 Å². The van der Waals surface area contributed by atoms with Gasteiger partial charge in [0.05, 0.1) is 12.6 Å². The summed E-state index contributed by atoms with van der Waals surface area (Å²) in [6.07, 6.45) is 7.87. The summed E-state index contributed by atoms with van der Waals surface area (Å²) < 4.78 is 17.3. The maximum absolute atomic E-state index is 5.83. The first-order chi connectivity index (χ1) is 12.2. The second kappa shape index (κ2) is 8.75. The lowest BCUT2D eigenvalue weighted by molar-refractivity contribution is 0.0651. The van der Waals surface area contributed by atoms with E-state index in [1.165, 1.54) is 0 Å². The van der Waals surface area contributed by atoms with Gasteiger partial charge in [-0.15, -0.1) is 6.42 Å². The Bertz CT molecular complexity index is 710. The minimum absolute atomic E-state index is 0.278. The van der Waals surface area contributed by atoms with Crippen LogP contribution in [-0.4, -0.2) is 30.8 Å². The molecule has 0 amide bonds. The highest BCUT2D eigenvalue weighted by atomic mass is 16.5. The molecule has 2 heterocycles. The summed E-state index contributed by atoms with van der Waals surface area (Å²) in [6, 6.07) is 12.1. The lowest BCUT2D eigenvalue weighted by Crippen LogP contribution is -2.31. The number of rotatable bonds is 8. The van der Waals surface area contributed by atoms with E-state index < -0.39 is 0 Å². The lowest BCUT2D eigenvalue weighted by atomic mass is 10.1. The van der Waals surface area contributed by atoms with E-state index in [0.29, 0.717) is 0 Å². The van der Waals surface area contributed by atoms with Crippen LogP contribution in [0.5, 0.6) is 5.75 Å². The molecule has 0 radical (unpaired) electrons. The molecule has 1 aromatic heterocycles. The first kappa shape index (κ1) is 17.6. The van der Waals surface area contributed by atoms with E-state index in [1.807, 2.05) is 37.3 Å². The predicted molar refractivity (Wildman–Crippen MR) is 97.3 cm³/mol. The van der Waals surface area contributed by atoms with Gasteiger partial charge in [-0.3, -0.25) is 4.90 Å². The molecule has 0 bridgehead atoms. The Hall–Kier alpha value is -2.22. The molecule has 1 atom stereocenters. The van der Waals surface area contributed by atoms with Crippen molar-refractivity contribution in [1.29, 1.82) is 0 Å². The van der Waals surface area contributed by atoms with Crippen LogP contribution in [0.2, 0.25) is 0 Å². The quantitative estimate of drug-likeness (QED) is 0.686. The zero-order chi connectivity index (χ0) is 17.5. The van der Waals surface area contributed by atoms with E-state index in [4.69, 9.17) is 20.3 Å². The van der Waals surface area contributed by atoms with Crippen LogP contribution in [0.4, 0.5) is 0 Å². The van der Waals surface area contributed by atoms with Gasteiger partial charge in [0, 0.05) is 25.3 Å². The highest BCUT2D eigenvalue weighted by Gasteiger charge is 2.21. The van der Waals surface area contributed by atoms with E-state index in [2.05, 4.69) is 16.9 Å². The predicted octanol–water partition coefficient (Wildman–Crippen LogP) is 3.78. The molecule has 4 heteroatoms. The van der Waals surface area contributed by atoms with E-state index in [0.717, 1.165) is 61.9 Å². The minimum atomic E-state index is 0.278. The fourth-order valence-electron chi connectivity index (χ4n) is 3.19. The van der Waals surface area contributed by atoms with E-state index >= 15 is 0 Å². The van der Waals surface area contributed by atoms with Crippen LogP contribution in [0, 0.1) is 19.3 Å². The molecule has 1 fully saturated rings. The normalized spacial score (nSPS) is 16.9. The zero-order valence-electron chi connectivity index (χ0n) is 14.7. The molecular formula is C21H25NO3. The zero-order valence-corrected chi connectivity index (χ0v) is 14.7. The number of furan rings is 1. The van der Waals surface area contributed by atoms with Crippen LogP contribution in [0.25, 0.3) is 0 Å². The number of ether oxygens (including phenoxy) is 2. The van der Waals surface area contributed by atoms with Crippen LogP contribution in [0.1, 0.15) is 29.9 Å². The Morgan fingerprint density at radius 3 is 2.84 bits per heavy atom. The number of nitrogens with zero attached hydrogens (tertiary/aromatic N) is 1. The van der Waals surface area contributed by atoms with Crippen molar-refractivity contribution in [3.63, 3.8) is 0 Å². The first-order valence-corrected chi connectivity index (χ1v) is 8.78. The van der Waals surface area contributed by atoms with Crippen molar-refractivity contribution in [1.82, 2.24) is 4.90 Å². The largest absolute Gasteiger partial charge is 0.481 e. The van der Waals surface area contributed by atoms with Gasteiger partial charge in [0.15, 0.2) is 0 Å². The first-order valence-electron chi connectivity index (χ1n) is 8.78. The van der Waals surface area contributed by atoms with Crippen molar-refractivity contribution in [2.75, 3.05) is 19.8 Å². The smallest absolute Gasteiger partial charge is 0.148 e. The lowest BCUT2D eigenvalue weighted by Gasteiger charge is -2.25. The minimum Gasteiger partial charge on any atom is -0.481 e. The standard InChI is InChI=1S/C21H25NO3/c1-3-12-24-21-9-5-4-7-18(21)14-22(15-19-8-6-13-23-19)16-20-11-10-17(2)25-20/h1,4-5,7,9-11,19H,6,8,12-16H2,2H3. The van der Waals surface area contributed by atoms with Gasteiger partial charge in [-0.05, 0) is 38.0 Å². The van der Waals surface area contributed by atoms with E-state index in [1.54, 1.807) is 0 Å². The molecule has 0 aliphatic carbocycles. The van der Waals surface area contributed by atoms with E-state index in [-0.39, 0.29) is 12.7 Å². The molecule has 4 nitrogen and oxygen atoms in total. The Morgan fingerprint density at radius 1 is 1.24 bits per heavy atom. The Morgan fingerprint density at radius 2 is 2.12 bits per heavy atom. The summed E-state index contributed by atoms with van der Waals surface area (Å²) in [4.78, 5) is 2.35. The van der Waals surface area contributed by atoms with Crippen molar-refractivity contribution in [2.24, 2.45) is 0 Å². The fraction of sp³-hybridized carbons (Fsp3) is 0.429. The summed E-state index contributed by atoms with van der Waals surface area (Å²) in [5, 5.41) is 0. The maximum atomic E-state index is 5.83. The summed E-state index contributed by atoms with van der Waals surface area (Å²) in [7, 11) is 0. The molecule has 0 saturated carbocycles. The average Bonchev–Trinajstić information content (AvgIpc) is 3.26. The Balaban J connectivity index is 1.73.